The molecule has 0 saturated heterocycles. The molecule has 0 fully saturated rings. The first kappa shape index (κ1) is 18.0. The molecule has 0 aliphatic heterocycles. The minimum Gasteiger partial charge on any atom is -0.450 e. The van der Waals surface area contributed by atoms with Gasteiger partial charge in [0.05, 0.1) is 6.61 Å². The number of alkyl carbamates (subject to hydrolysis) is 1. The van der Waals surface area contributed by atoms with Gasteiger partial charge in [0.15, 0.2) is 0 Å². The van der Waals surface area contributed by atoms with Gasteiger partial charge in [0.1, 0.15) is 11.6 Å². The van der Waals surface area contributed by atoms with Crippen LogP contribution in [-0.4, -0.2) is 31.7 Å². The molecule has 1 rings (SSSR count). The predicted molar refractivity (Wildman–Crippen MR) is 86.5 cm³/mol. The van der Waals surface area contributed by atoms with Gasteiger partial charge in [0.2, 0.25) is 0 Å². The highest BCUT2D eigenvalue weighted by Gasteiger charge is 2.08. The van der Waals surface area contributed by atoms with E-state index in [-0.39, 0.29) is 5.57 Å². The van der Waals surface area contributed by atoms with E-state index in [1.807, 2.05) is 25.1 Å². The summed E-state index contributed by atoms with van der Waals surface area (Å²) in [6.07, 6.45) is 0.812. The zero-order valence-electron chi connectivity index (χ0n) is 13.2. The smallest absolute Gasteiger partial charge is 0.407 e. The lowest BCUT2D eigenvalue weighted by Gasteiger charge is -2.06. The van der Waals surface area contributed by atoms with Crippen molar-refractivity contribution in [3.8, 4) is 6.07 Å². The summed E-state index contributed by atoms with van der Waals surface area (Å²) in [5.41, 5.74) is 1.64. The van der Waals surface area contributed by atoms with Crippen LogP contribution in [0.15, 0.2) is 36.0 Å². The number of carbonyl (C=O) groups excluding carboxylic acids is 2. The van der Waals surface area contributed by atoms with Crippen molar-refractivity contribution >= 4 is 17.7 Å². The van der Waals surface area contributed by atoms with E-state index in [0.717, 1.165) is 5.56 Å². The Bertz CT molecular complexity index is 603. The minimum atomic E-state index is -0.504. The SMILES string of the molecule is CCOC(=O)NCCN/C=C(/C#N)C(=O)Nc1ccc(C)cc1. The molecule has 1 aromatic carbocycles. The summed E-state index contributed by atoms with van der Waals surface area (Å²) in [6.45, 7) is 4.64. The highest BCUT2D eigenvalue weighted by molar-refractivity contribution is 6.06. The third-order valence-corrected chi connectivity index (χ3v) is 2.74. The maximum atomic E-state index is 12.0. The molecule has 0 spiro atoms. The molecule has 1 aromatic rings. The van der Waals surface area contributed by atoms with Crippen molar-refractivity contribution < 1.29 is 14.3 Å². The van der Waals surface area contributed by atoms with Crippen molar-refractivity contribution in [2.24, 2.45) is 0 Å². The fraction of sp³-hybridized carbons (Fsp3) is 0.312. The van der Waals surface area contributed by atoms with Crippen LogP contribution in [0.4, 0.5) is 10.5 Å². The molecule has 7 nitrogen and oxygen atoms in total. The molecular formula is C16H20N4O3. The fourth-order valence-corrected chi connectivity index (χ4v) is 1.58. The Morgan fingerprint density at radius 2 is 1.96 bits per heavy atom. The van der Waals surface area contributed by atoms with Gasteiger partial charge < -0.3 is 20.7 Å². The Labute approximate surface area is 135 Å². The number of amides is 2. The number of nitriles is 1. The summed E-state index contributed by atoms with van der Waals surface area (Å²) in [5, 5.41) is 17.0. The van der Waals surface area contributed by atoms with Crippen LogP contribution in [-0.2, 0) is 9.53 Å². The van der Waals surface area contributed by atoms with E-state index < -0.39 is 12.0 Å². The first-order valence-corrected chi connectivity index (χ1v) is 7.19. The Balaban J connectivity index is 2.42. The molecule has 0 heterocycles. The molecule has 0 unspecified atom stereocenters. The maximum absolute atomic E-state index is 12.0. The Morgan fingerprint density at radius 1 is 1.26 bits per heavy atom. The Hall–Kier alpha value is -3.01. The van der Waals surface area contributed by atoms with E-state index in [0.29, 0.717) is 25.4 Å². The third-order valence-electron chi connectivity index (χ3n) is 2.74. The van der Waals surface area contributed by atoms with Gasteiger partial charge in [-0.25, -0.2) is 4.79 Å². The fourth-order valence-electron chi connectivity index (χ4n) is 1.58. The second-order valence-electron chi connectivity index (χ2n) is 4.59. The van der Waals surface area contributed by atoms with Crippen LogP contribution in [0.3, 0.4) is 0 Å². The number of nitrogens with one attached hydrogen (secondary N) is 3. The molecule has 0 aliphatic rings. The first-order valence-electron chi connectivity index (χ1n) is 7.19. The highest BCUT2D eigenvalue weighted by atomic mass is 16.5. The topological polar surface area (TPSA) is 103 Å². The van der Waals surface area contributed by atoms with Gasteiger partial charge in [0.25, 0.3) is 5.91 Å². The molecule has 0 saturated carbocycles. The van der Waals surface area contributed by atoms with Gasteiger partial charge in [-0.1, -0.05) is 17.7 Å². The quantitative estimate of drug-likeness (QED) is 0.403. The molecule has 7 heteroatoms. The Morgan fingerprint density at radius 3 is 2.57 bits per heavy atom. The predicted octanol–water partition coefficient (Wildman–Crippen LogP) is 1.68. The van der Waals surface area contributed by atoms with Gasteiger partial charge in [-0.2, -0.15) is 5.26 Å². The number of benzene rings is 1. The van der Waals surface area contributed by atoms with Crippen molar-refractivity contribution in [3.05, 3.63) is 41.6 Å². The van der Waals surface area contributed by atoms with Crippen molar-refractivity contribution in [2.75, 3.05) is 25.0 Å². The third kappa shape index (κ3) is 7.00. The van der Waals surface area contributed by atoms with Crippen LogP contribution >= 0.6 is 0 Å². The highest BCUT2D eigenvalue weighted by Crippen LogP contribution is 2.09. The van der Waals surface area contributed by atoms with Gasteiger partial charge in [0, 0.05) is 25.0 Å². The van der Waals surface area contributed by atoms with E-state index in [4.69, 9.17) is 10.00 Å². The van der Waals surface area contributed by atoms with Crippen molar-refractivity contribution in [3.63, 3.8) is 0 Å². The van der Waals surface area contributed by atoms with E-state index in [9.17, 15) is 9.59 Å². The molecule has 0 radical (unpaired) electrons. The zero-order chi connectivity index (χ0) is 17.1. The lowest BCUT2D eigenvalue weighted by molar-refractivity contribution is -0.112. The lowest BCUT2D eigenvalue weighted by Crippen LogP contribution is -2.31. The van der Waals surface area contributed by atoms with Crippen LogP contribution in [0.2, 0.25) is 0 Å². The number of rotatable bonds is 7. The number of hydrogen-bond donors (Lipinski definition) is 3. The molecule has 122 valence electrons. The van der Waals surface area contributed by atoms with E-state index in [1.54, 1.807) is 19.1 Å². The molecule has 0 atom stereocenters. The average Bonchev–Trinajstić information content (AvgIpc) is 2.53. The normalized spacial score (nSPS) is 10.4. The summed E-state index contributed by atoms with van der Waals surface area (Å²) in [7, 11) is 0. The van der Waals surface area contributed by atoms with Gasteiger partial charge in [-0.05, 0) is 26.0 Å². The largest absolute Gasteiger partial charge is 0.450 e. The first-order chi connectivity index (χ1) is 11.1. The van der Waals surface area contributed by atoms with Gasteiger partial charge in [-0.3, -0.25) is 4.79 Å². The van der Waals surface area contributed by atoms with E-state index >= 15 is 0 Å². The summed E-state index contributed by atoms with van der Waals surface area (Å²) in [4.78, 5) is 23.0. The summed E-state index contributed by atoms with van der Waals surface area (Å²) in [5.74, 6) is -0.498. The summed E-state index contributed by atoms with van der Waals surface area (Å²) < 4.78 is 4.69. The number of nitrogens with zero attached hydrogens (tertiary/aromatic N) is 1. The van der Waals surface area contributed by atoms with Crippen LogP contribution in [0.25, 0.3) is 0 Å². The van der Waals surface area contributed by atoms with E-state index in [1.165, 1.54) is 6.20 Å². The minimum absolute atomic E-state index is 0.0540. The van der Waals surface area contributed by atoms with Gasteiger partial charge >= 0.3 is 6.09 Å². The van der Waals surface area contributed by atoms with Crippen LogP contribution in [0.1, 0.15) is 12.5 Å². The number of anilines is 1. The van der Waals surface area contributed by atoms with E-state index in [2.05, 4.69) is 16.0 Å². The number of ether oxygens (including phenoxy) is 1. The molecule has 23 heavy (non-hydrogen) atoms. The number of carbonyl (C=O) groups is 2. The summed E-state index contributed by atoms with van der Waals surface area (Å²) >= 11 is 0. The van der Waals surface area contributed by atoms with Crippen LogP contribution in [0, 0.1) is 18.3 Å². The zero-order valence-corrected chi connectivity index (χ0v) is 13.2. The number of hydrogen-bond acceptors (Lipinski definition) is 5. The van der Waals surface area contributed by atoms with Crippen molar-refractivity contribution in [1.82, 2.24) is 10.6 Å². The van der Waals surface area contributed by atoms with Crippen molar-refractivity contribution in [1.29, 1.82) is 5.26 Å². The Kier molecular flexibility index (Phi) is 7.72. The summed E-state index contributed by atoms with van der Waals surface area (Å²) in [6, 6.07) is 9.09. The standard InChI is InChI=1S/C16H20N4O3/c1-3-23-16(22)19-9-8-18-11-13(10-17)15(21)20-14-6-4-12(2)5-7-14/h4-7,11,18H,3,8-9H2,1-2H3,(H,19,22)(H,20,21)/b13-11-. The maximum Gasteiger partial charge on any atom is 0.407 e. The lowest BCUT2D eigenvalue weighted by atomic mass is 10.2. The molecule has 0 bridgehead atoms. The second kappa shape index (κ2) is 9.84. The van der Waals surface area contributed by atoms with Gasteiger partial charge in [-0.15, -0.1) is 0 Å². The molecule has 0 aromatic heterocycles. The monoisotopic (exact) mass is 316 g/mol. The van der Waals surface area contributed by atoms with Crippen LogP contribution < -0.4 is 16.0 Å². The molecule has 3 N–H and O–H groups in total. The second-order valence-corrected chi connectivity index (χ2v) is 4.59. The molecule has 2 amide bonds. The average molecular weight is 316 g/mol. The number of aryl methyl sites for hydroxylation is 1. The van der Waals surface area contributed by atoms with Crippen LogP contribution in [0.5, 0.6) is 0 Å². The molecule has 0 aliphatic carbocycles. The van der Waals surface area contributed by atoms with Crippen molar-refractivity contribution in [2.45, 2.75) is 13.8 Å². The molecular weight excluding hydrogens is 296 g/mol.